The van der Waals surface area contributed by atoms with Crippen LogP contribution in [0.15, 0.2) is 24.3 Å². The average molecular weight is 300 g/mol. The van der Waals surface area contributed by atoms with Gasteiger partial charge >= 0.3 is 12.2 Å². The molecule has 8 heteroatoms. The SMILES string of the molecule is Cc1ccc(C2C(=O)NC(=O)N(CC(F)(F)F)C2=O)cc1. The average Bonchev–Trinajstić information content (AvgIpc) is 2.35. The van der Waals surface area contributed by atoms with Gasteiger partial charge in [0.15, 0.2) is 0 Å². The van der Waals surface area contributed by atoms with E-state index < -0.39 is 36.5 Å². The van der Waals surface area contributed by atoms with Crippen LogP contribution in [-0.4, -0.2) is 35.5 Å². The number of carbonyl (C=O) groups excluding carboxylic acids is 3. The van der Waals surface area contributed by atoms with Crippen molar-refractivity contribution in [3.05, 3.63) is 35.4 Å². The molecule has 1 fully saturated rings. The summed E-state index contributed by atoms with van der Waals surface area (Å²) in [6.07, 6.45) is -4.73. The van der Waals surface area contributed by atoms with Crippen molar-refractivity contribution >= 4 is 17.8 Å². The van der Waals surface area contributed by atoms with Crippen molar-refractivity contribution in [2.45, 2.75) is 19.0 Å². The van der Waals surface area contributed by atoms with Crippen LogP contribution in [0.25, 0.3) is 0 Å². The van der Waals surface area contributed by atoms with Gasteiger partial charge in [-0.25, -0.2) is 4.79 Å². The summed E-state index contributed by atoms with van der Waals surface area (Å²) in [4.78, 5) is 35.2. The molecule has 0 aromatic heterocycles. The quantitative estimate of drug-likeness (QED) is 0.846. The van der Waals surface area contributed by atoms with E-state index in [-0.39, 0.29) is 10.5 Å². The number of alkyl halides is 3. The molecule has 1 aromatic rings. The summed E-state index contributed by atoms with van der Waals surface area (Å²) in [6.45, 7) is 0.0549. The first kappa shape index (κ1) is 15.0. The first-order valence-corrected chi connectivity index (χ1v) is 5.98. The number of rotatable bonds is 2. The van der Waals surface area contributed by atoms with Gasteiger partial charge in [0, 0.05) is 0 Å². The van der Waals surface area contributed by atoms with Crippen LogP contribution in [0.3, 0.4) is 0 Å². The first-order valence-electron chi connectivity index (χ1n) is 5.98. The summed E-state index contributed by atoms with van der Waals surface area (Å²) in [5.74, 6) is -3.55. The third-order valence-electron chi connectivity index (χ3n) is 3.00. The number of carbonyl (C=O) groups is 3. The molecule has 0 saturated carbocycles. The van der Waals surface area contributed by atoms with Crippen LogP contribution in [0.2, 0.25) is 0 Å². The van der Waals surface area contributed by atoms with Gasteiger partial charge in [-0.15, -0.1) is 0 Å². The number of nitrogens with zero attached hydrogens (tertiary/aromatic N) is 1. The Labute approximate surface area is 117 Å². The summed E-state index contributed by atoms with van der Waals surface area (Å²) >= 11 is 0. The van der Waals surface area contributed by atoms with Gasteiger partial charge in [-0.05, 0) is 12.5 Å². The van der Waals surface area contributed by atoms with Gasteiger partial charge in [-0.1, -0.05) is 29.8 Å². The minimum atomic E-state index is -4.73. The van der Waals surface area contributed by atoms with Crippen LogP contribution >= 0.6 is 0 Å². The van der Waals surface area contributed by atoms with Gasteiger partial charge in [0.05, 0.1) is 0 Å². The van der Waals surface area contributed by atoms with Crippen molar-refractivity contribution < 1.29 is 27.6 Å². The second-order valence-corrected chi connectivity index (χ2v) is 4.68. The number of nitrogens with one attached hydrogen (secondary N) is 1. The Morgan fingerprint density at radius 1 is 1.14 bits per heavy atom. The first-order chi connectivity index (χ1) is 9.69. The number of barbiturate groups is 1. The Balaban J connectivity index is 2.33. The lowest BCUT2D eigenvalue weighted by Gasteiger charge is -2.30. The fourth-order valence-electron chi connectivity index (χ4n) is 1.99. The molecule has 0 aliphatic carbocycles. The van der Waals surface area contributed by atoms with Gasteiger partial charge < -0.3 is 0 Å². The molecule has 1 atom stereocenters. The molecule has 2 rings (SSSR count). The molecule has 4 amide bonds. The Kier molecular flexibility index (Phi) is 3.71. The van der Waals surface area contributed by atoms with Crippen LogP contribution in [0.4, 0.5) is 18.0 Å². The number of urea groups is 1. The number of halogens is 3. The van der Waals surface area contributed by atoms with E-state index in [0.29, 0.717) is 0 Å². The topological polar surface area (TPSA) is 66.5 Å². The molecule has 0 bridgehead atoms. The zero-order chi connectivity index (χ0) is 15.8. The van der Waals surface area contributed by atoms with E-state index in [2.05, 4.69) is 0 Å². The normalized spacial score (nSPS) is 19.7. The Hall–Kier alpha value is -2.38. The van der Waals surface area contributed by atoms with Gasteiger partial charge in [0.25, 0.3) is 0 Å². The van der Waals surface area contributed by atoms with E-state index in [1.165, 1.54) is 12.1 Å². The molecule has 1 aliphatic rings. The molecular weight excluding hydrogens is 289 g/mol. The number of benzene rings is 1. The van der Waals surface area contributed by atoms with E-state index in [4.69, 9.17) is 0 Å². The van der Waals surface area contributed by atoms with Gasteiger partial charge in [0.1, 0.15) is 12.5 Å². The summed E-state index contributed by atoms with van der Waals surface area (Å²) in [5.41, 5.74) is 1.11. The lowest BCUT2D eigenvalue weighted by atomic mass is 9.94. The zero-order valence-electron chi connectivity index (χ0n) is 10.9. The van der Waals surface area contributed by atoms with Crippen molar-refractivity contribution in [2.75, 3.05) is 6.54 Å². The van der Waals surface area contributed by atoms with Crippen molar-refractivity contribution in [3.8, 4) is 0 Å². The predicted molar refractivity (Wildman–Crippen MR) is 65.2 cm³/mol. The molecule has 0 radical (unpaired) electrons. The molecule has 21 heavy (non-hydrogen) atoms. The minimum Gasteiger partial charge on any atom is -0.277 e. The smallest absolute Gasteiger partial charge is 0.277 e. The number of imide groups is 2. The summed E-state index contributed by atoms with van der Waals surface area (Å²) in [7, 11) is 0. The maximum Gasteiger partial charge on any atom is 0.406 e. The Morgan fingerprint density at radius 3 is 2.24 bits per heavy atom. The highest BCUT2D eigenvalue weighted by molar-refractivity contribution is 6.19. The highest BCUT2D eigenvalue weighted by atomic mass is 19.4. The van der Waals surface area contributed by atoms with Crippen LogP contribution in [0, 0.1) is 6.92 Å². The van der Waals surface area contributed by atoms with Crippen LogP contribution in [-0.2, 0) is 9.59 Å². The molecule has 1 N–H and O–H groups in total. The molecule has 1 unspecified atom stereocenters. The third-order valence-corrected chi connectivity index (χ3v) is 3.00. The van der Waals surface area contributed by atoms with Crippen molar-refractivity contribution in [1.82, 2.24) is 10.2 Å². The fourth-order valence-corrected chi connectivity index (χ4v) is 1.99. The van der Waals surface area contributed by atoms with E-state index in [1.54, 1.807) is 24.4 Å². The van der Waals surface area contributed by atoms with E-state index in [0.717, 1.165) is 5.56 Å². The largest absolute Gasteiger partial charge is 0.406 e. The molecule has 0 spiro atoms. The molecule has 1 aliphatic heterocycles. The van der Waals surface area contributed by atoms with Gasteiger partial charge in [0.2, 0.25) is 11.8 Å². The molecule has 112 valence electrons. The maximum absolute atomic E-state index is 12.4. The molecule has 1 aromatic carbocycles. The van der Waals surface area contributed by atoms with Crippen LogP contribution in [0.1, 0.15) is 17.0 Å². The standard InChI is InChI=1S/C13H11F3N2O3/c1-7-2-4-8(5-3-7)9-10(19)17-12(21)18(11(9)20)6-13(14,15)16/h2-5,9H,6H2,1H3,(H,17,19,21). The number of hydrogen-bond acceptors (Lipinski definition) is 3. The number of aryl methyl sites for hydroxylation is 1. The predicted octanol–water partition coefficient (Wildman–Crippen LogP) is 1.72. The summed E-state index contributed by atoms with van der Waals surface area (Å²) in [6, 6.07) is 4.84. The van der Waals surface area contributed by atoms with Crippen molar-refractivity contribution in [3.63, 3.8) is 0 Å². The van der Waals surface area contributed by atoms with E-state index in [9.17, 15) is 27.6 Å². The maximum atomic E-state index is 12.4. The van der Waals surface area contributed by atoms with E-state index >= 15 is 0 Å². The summed E-state index contributed by atoms with van der Waals surface area (Å²) < 4.78 is 37.2. The van der Waals surface area contributed by atoms with Crippen molar-refractivity contribution in [1.29, 1.82) is 0 Å². The van der Waals surface area contributed by atoms with Gasteiger partial charge in [-0.3, -0.25) is 19.8 Å². The van der Waals surface area contributed by atoms with Gasteiger partial charge in [-0.2, -0.15) is 13.2 Å². The van der Waals surface area contributed by atoms with Crippen molar-refractivity contribution in [2.24, 2.45) is 0 Å². The lowest BCUT2D eigenvalue weighted by molar-refractivity contribution is -0.159. The monoisotopic (exact) mass is 300 g/mol. The van der Waals surface area contributed by atoms with Crippen LogP contribution < -0.4 is 5.32 Å². The van der Waals surface area contributed by atoms with E-state index in [1.807, 2.05) is 0 Å². The molecule has 5 nitrogen and oxygen atoms in total. The molecule has 1 saturated heterocycles. The number of hydrogen-bond donors (Lipinski definition) is 1. The summed E-state index contributed by atoms with van der Waals surface area (Å²) in [5, 5.41) is 1.77. The molecule has 1 heterocycles. The fraction of sp³-hybridized carbons (Fsp3) is 0.308. The molecular formula is C13H11F3N2O3. The Morgan fingerprint density at radius 2 is 1.71 bits per heavy atom. The highest BCUT2D eigenvalue weighted by Gasteiger charge is 2.45. The zero-order valence-corrected chi connectivity index (χ0v) is 10.9. The minimum absolute atomic E-state index is 0.00588. The Bertz CT molecular complexity index is 596. The van der Waals surface area contributed by atoms with Crippen LogP contribution in [0.5, 0.6) is 0 Å². The second kappa shape index (κ2) is 5.19. The lowest BCUT2D eigenvalue weighted by Crippen LogP contribution is -2.58. The second-order valence-electron chi connectivity index (χ2n) is 4.68. The third kappa shape index (κ3) is 3.21. The highest BCUT2D eigenvalue weighted by Crippen LogP contribution is 2.26. The number of amides is 4.